The van der Waals surface area contributed by atoms with Gasteiger partial charge < -0.3 is 9.88 Å². The van der Waals surface area contributed by atoms with E-state index in [-0.39, 0.29) is 5.91 Å². The summed E-state index contributed by atoms with van der Waals surface area (Å²) in [7, 11) is 1.90. The summed E-state index contributed by atoms with van der Waals surface area (Å²) in [6, 6.07) is 14.5. The van der Waals surface area contributed by atoms with Gasteiger partial charge in [-0.05, 0) is 67.3 Å². The number of nitrogens with zero attached hydrogens (tertiary/aromatic N) is 2. The molecule has 0 radical (unpaired) electrons. The third-order valence-electron chi connectivity index (χ3n) is 5.55. The van der Waals surface area contributed by atoms with E-state index in [0.29, 0.717) is 11.5 Å². The fraction of sp³-hybridized carbons (Fsp3) is 0.364. The molecule has 0 spiro atoms. The molecule has 0 unspecified atom stereocenters. The second-order valence-electron chi connectivity index (χ2n) is 7.29. The van der Waals surface area contributed by atoms with Crippen LogP contribution in [0.1, 0.15) is 53.1 Å². The Balaban J connectivity index is 1.35. The van der Waals surface area contributed by atoms with Gasteiger partial charge in [0.1, 0.15) is 0 Å². The van der Waals surface area contributed by atoms with E-state index in [9.17, 15) is 4.79 Å². The molecule has 0 bridgehead atoms. The lowest BCUT2D eigenvalue weighted by molar-refractivity contribution is 0.0792. The maximum Gasteiger partial charge on any atom is 0.253 e. The van der Waals surface area contributed by atoms with Crippen LogP contribution in [0.3, 0.4) is 0 Å². The molecular formula is C22H25N3O. The number of H-pyrrole nitrogens is 1. The zero-order valence-corrected chi connectivity index (χ0v) is 15.2. The van der Waals surface area contributed by atoms with Crippen molar-refractivity contribution in [3.63, 3.8) is 0 Å². The number of hydrogen-bond donors (Lipinski definition) is 1. The second kappa shape index (κ2) is 7.32. The molecule has 1 aliphatic rings. The molecule has 1 aromatic heterocycles. The highest BCUT2D eigenvalue weighted by Gasteiger charge is 2.20. The summed E-state index contributed by atoms with van der Waals surface area (Å²) in [5, 5.41) is 0. The summed E-state index contributed by atoms with van der Waals surface area (Å²) in [6.07, 6.45) is 7.60. The number of nitrogens with one attached hydrogen (secondary N) is 1. The first kappa shape index (κ1) is 16.8. The van der Waals surface area contributed by atoms with Gasteiger partial charge in [-0.15, -0.1) is 0 Å². The highest BCUT2D eigenvalue weighted by Crippen LogP contribution is 2.34. The third kappa shape index (κ3) is 3.36. The van der Waals surface area contributed by atoms with E-state index in [1.165, 1.54) is 30.4 Å². The summed E-state index contributed by atoms with van der Waals surface area (Å²) in [4.78, 5) is 21.8. The largest absolute Gasteiger partial charge is 0.345 e. The lowest BCUT2D eigenvalue weighted by Gasteiger charge is -2.26. The number of hydrogen-bond acceptors (Lipinski definition) is 2. The molecule has 1 N–H and O–H groups in total. The summed E-state index contributed by atoms with van der Waals surface area (Å²) in [6.45, 7) is 0.790. The lowest BCUT2D eigenvalue weighted by atomic mass is 9.80. The second-order valence-corrected chi connectivity index (χ2v) is 7.29. The summed E-state index contributed by atoms with van der Waals surface area (Å²) < 4.78 is 0. The number of imidazole rings is 1. The minimum Gasteiger partial charge on any atom is -0.345 e. The highest BCUT2D eigenvalue weighted by molar-refractivity contribution is 5.97. The Morgan fingerprint density at radius 1 is 1.27 bits per heavy atom. The van der Waals surface area contributed by atoms with Gasteiger partial charge in [0.25, 0.3) is 5.91 Å². The Hall–Kier alpha value is -2.62. The number of fused-ring (bicyclic) bond motifs is 2. The van der Waals surface area contributed by atoms with Crippen molar-refractivity contribution in [3.05, 3.63) is 65.5 Å². The zero-order valence-electron chi connectivity index (χ0n) is 15.2. The zero-order chi connectivity index (χ0) is 17.9. The molecule has 0 fully saturated rings. The molecule has 4 heteroatoms. The number of rotatable bonds is 5. The van der Waals surface area contributed by atoms with Crippen molar-refractivity contribution >= 4 is 16.9 Å². The van der Waals surface area contributed by atoms with Gasteiger partial charge in [-0.2, -0.15) is 0 Å². The van der Waals surface area contributed by atoms with E-state index in [4.69, 9.17) is 0 Å². The van der Waals surface area contributed by atoms with E-state index in [1.54, 1.807) is 6.33 Å². The van der Waals surface area contributed by atoms with Crippen molar-refractivity contribution in [1.82, 2.24) is 14.9 Å². The van der Waals surface area contributed by atoms with Crippen LogP contribution in [0, 0.1) is 0 Å². The quantitative estimate of drug-likeness (QED) is 0.737. The fourth-order valence-electron chi connectivity index (χ4n) is 4.12. The van der Waals surface area contributed by atoms with Crippen molar-refractivity contribution in [1.29, 1.82) is 0 Å². The van der Waals surface area contributed by atoms with E-state index < -0.39 is 0 Å². The molecule has 3 aromatic rings. The van der Waals surface area contributed by atoms with Crippen molar-refractivity contribution in [2.75, 3.05) is 13.6 Å². The number of aryl methyl sites for hydroxylation is 1. The Labute approximate surface area is 154 Å². The molecule has 0 saturated heterocycles. The first-order chi connectivity index (χ1) is 12.7. The van der Waals surface area contributed by atoms with E-state index >= 15 is 0 Å². The van der Waals surface area contributed by atoms with Gasteiger partial charge in [-0.1, -0.05) is 24.3 Å². The molecule has 2 aromatic carbocycles. The van der Waals surface area contributed by atoms with Gasteiger partial charge in [0.05, 0.1) is 17.4 Å². The minimum atomic E-state index is 0.0746. The Morgan fingerprint density at radius 2 is 2.15 bits per heavy atom. The van der Waals surface area contributed by atoms with Crippen LogP contribution in [0.4, 0.5) is 0 Å². The van der Waals surface area contributed by atoms with Crippen LogP contribution >= 0.6 is 0 Å². The molecule has 1 aliphatic carbocycles. The molecule has 1 heterocycles. The van der Waals surface area contributed by atoms with Crippen LogP contribution in [0.15, 0.2) is 48.8 Å². The number of aromatic amines is 1. The normalized spacial score (nSPS) is 16.4. The van der Waals surface area contributed by atoms with Gasteiger partial charge in [0.2, 0.25) is 0 Å². The predicted octanol–water partition coefficient (Wildman–Crippen LogP) is 4.54. The van der Waals surface area contributed by atoms with Crippen molar-refractivity contribution in [2.24, 2.45) is 0 Å². The molecule has 1 atom stereocenters. The topological polar surface area (TPSA) is 49.0 Å². The monoisotopic (exact) mass is 347 g/mol. The maximum absolute atomic E-state index is 12.7. The average Bonchev–Trinajstić information content (AvgIpc) is 3.15. The number of aromatic nitrogens is 2. The predicted molar refractivity (Wildman–Crippen MR) is 104 cm³/mol. The van der Waals surface area contributed by atoms with Gasteiger partial charge >= 0.3 is 0 Å². The third-order valence-corrected chi connectivity index (χ3v) is 5.55. The van der Waals surface area contributed by atoms with Crippen LogP contribution in [-0.2, 0) is 6.42 Å². The van der Waals surface area contributed by atoms with Crippen molar-refractivity contribution in [2.45, 2.75) is 38.0 Å². The molecule has 0 saturated carbocycles. The van der Waals surface area contributed by atoms with Crippen LogP contribution in [0.25, 0.3) is 11.0 Å². The van der Waals surface area contributed by atoms with Crippen molar-refractivity contribution in [3.8, 4) is 0 Å². The Kier molecular flexibility index (Phi) is 4.74. The van der Waals surface area contributed by atoms with Crippen LogP contribution in [0.2, 0.25) is 0 Å². The lowest BCUT2D eigenvalue weighted by Crippen LogP contribution is -2.28. The number of carbonyl (C=O) groups is 1. The Morgan fingerprint density at radius 3 is 3.08 bits per heavy atom. The molecule has 134 valence electrons. The molecular weight excluding hydrogens is 322 g/mol. The Bertz CT molecular complexity index is 914. The number of benzene rings is 2. The van der Waals surface area contributed by atoms with Crippen LogP contribution in [-0.4, -0.2) is 34.4 Å². The molecule has 0 aliphatic heterocycles. The molecule has 4 rings (SSSR count). The summed E-state index contributed by atoms with van der Waals surface area (Å²) in [5.41, 5.74) is 5.55. The minimum absolute atomic E-state index is 0.0746. The van der Waals surface area contributed by atoms with E-state index in [2.05, 4.69) is 34.2 Å². The van der Waals surface area contributed by atoms with Crippen LogP contribution < -0.4 is 0 Å². The number of carbonyl (C=O) groups excluding carboxylic acids is 1. The summed E-state index contributed by atoms with van der Waals surface area (Å²) in [5.74, 6) is 0.718. The smallest absolute Gasteiger partial charge is 0.253 e. The SMILES string of the molecule is CN(CCC[C@H]1CCCc2ccccc21)C(=O)c1ccc2nc[nH]c2c1. The van der Waals surface area contributed by atoms with E-state index in [0.717, 1.165) is 30.4 Å². The molecule has 1 amide bonds. The fourth-order valence-corrected chi connectivity index (χ4v) is 4.12. The first-order valence-corrected chi connectivity index (χ1v) is 9.49. The number of amides is 1. The maximum atomic E-state index is 12.7. The van der Waals surface area contributed by atoms with Crippen LogP contribution in [0.5, 0.6) is 0 Å². The summed E-state index contributed by atoms with van der Waals surface area (Å²) >= 11 is 0. The van der Waals surface area contributed by atoms with Gasteiger partial charge in [-0.25, -0.2) is 4.98 Å². The average molecular weight is 347 g/mol. The van der Waals surface area contributed by atoms with Crippen molar-refractivity contribution < 1.29 is 4.79 Å². The first-order valence-electron chi connectivity index (χ1n) is 9.49. The van der Waals surface area contributed by atoms with Gasteiger partial charge in [-0.3, -0.25) is 4.79 Å². The standard InChI is InChI=1S/C22H25N3O/c1-25(22(26)18-11-12-20-21(14-18)24-15-23-20)13-5-9-17-8-4-7-16-6-2-3-10-19(16)17/h2-3,6,10-12,14-15,17H,4-5,7-9,13H2,1H3,(H,23,24)/t17-/m1/s1. The molecule has 4 nitrogen and oxygen atoms in total. The van der Waals surface area contributed by atoms with Gasteiger partial charge in [0.15, 0.2) is 0 Å². The van der Waals surface area contributed by atoms with E-state index in [1.807, 2.05) is 30.1 Å². The van der Waals surface area contributed by atoms with Gasteiger partial charge in [0, 0.05) is 19.2 Å². The molecule has 26 heavy (non-hydrogen) atoms. The highest BCUT2D eigenvalue weighted by atomic mass is 16.2.